The first-order valence-electron chi connectivity index (χ1n) is 13.7. The molecule has 1 heterocycles. The summed E-state index contributed by atoms with van der Waals surface area (Å²) in [7, 11) is 0. The van der Waals surface area contributed by atoms with Crippen LogP contribution < -0.4 is 10.3 Å². The summed E-state index contributed by atoms with van der Waals surface area (Å²) in [6.45, 7) is 2.82. The fraction of sp³-hybridized carbons (Fsp3) is 0.258. The molecule has 0 radical (unpaired) electrons. The van der Waals surface area contributed by atoms with Gasteiger partial charge in [0.1, 0.15) is 46.7 Å². The molecule has 0 fully saturated rings. The molecule has 0 bridgehead atoms. The van der Waals surface area contributed by atoms with Crippen LogP contribution in [0.15, 0.2) is 29.1 Å². The first-order chi connectivity index (χ1) is 21.2. The molecule has 0 saturated heterocycles. The monoisotopic (exact) mass is 621 g/mol. The van der Waals surface area contributed by atoms with Gasteiger partial charge in [-0.1, -0.05) is 12.2 Å². The van der Waals surface area contributed by atoms with Crippen molar-refractivity contribution in [3.8, 4) is 34.5 Å². The second kappa shape index (κ2) is 9.93. The second-order valence-corrected chi connectivity index (χ2v) is 11.0. The molecule has 45 heavy (non-hydrogen) atoms. The van der Waals surface area contributed by atoms with E-state index < -0.39 is 103 Å². The first-order valence-corrected chi connectivity index (χ1v) is 13.7. The highest BCUT2D eigenvalue weighted by molar-refractivity contribution is 6.39. The predicted octanol–water partition coefficient (Wildman–Crippen LogP) is 1.09. The van der Waals surface area contributed by atoms with Crippen LogP contribution in [0.25, 0.3) is 27.6 Å². The van der Waals surface area contributed by atoms with Crippen molar-refractivity contribution in [2.24, 2.45) is 0 Å². The maximum atomic E-state index is 14.1. The molecule has 1 spiro atoms. The quantitative estimate of drug-likeness (QED) is 0.107. The van der Waals surface area contributed by atoms with Crippen molar-refractivity contribution in [1.29, 1.82) is 0 Å². The number of benzene rings is 3. The number of carbonyl (C=O) groups is 2. The highest BCUT2D eigenvalue weighted by Gasteiger charge is 2.59. The van der Waals surface area contributed by atoms with Gasteiger partial charge in [0.15, 0.2) is 23.1 Å². The summed E-state index contributed by atoms with van der Waals surface area (Å²) in [5.74, 6) is -6.49. The number of nitrogens with one attached hydrogen (secondary N) is 1. The first kappa shape index (κ1) is 29.9. The van der Waals surface area contributed by atoms with Crippen LogP contribution in [0.5, 0.6) is 34.5 Å². The van der Waals surface area contributed by atoms with Crippen LogP contribution in [0.3, 0.4) is 0 Å². The number of pyridine rings is 1. The topological polar surface area (TPSA) is 258 Å². The molecule has 14 nitrogen and oxygen atoms in total. The number of rotatable bonds is 6. The number of fused-ring (bicyclic) bond motifs is 5. The number of phenols is 5. The molecule has 4 unspecified atom stereocenters. The lowest BCUT2D eigenvalue weighted by molar-refractivity contribution is -0.102. The number of Topliss-reactive ketones (excluding diaryl/α,β-unsaturated/α-hetero) is 2. The molecule has 1 aromatic heterocycles. The van der Waals surface area contributed by atoms with E-state index in [4.69, 9.17) is 4.74 Å². The standard InChI is InChI=1S/C31H27NO13/c1-3-45-14-8-13(34)16-17(23(14)37)25(39)19-18(24(16)38)28(42)31(29(19)43)5-4-10-6-11-7-12(22(36)27(41)21(35)9(2)33)32-30(44)15(11)26(40)20(10)31/h4-9,21-22,27,33-41H,3H2,1-2H3,(H,32,44)/t9?,21?,22?,27?,31-/m1/s1. The molecule has 14 heteroatoms. The van der Waals surface area contributed by atoms with Gasteiger partial charge < -0.3 is 55.7 Å². The van der Waals surface area contributed by atoms with Crippen molar-refractivity contribution in [3.63, 3.8) is 0 Å². The van der Waals surface area contributed by atoms with Gasteiger partial charge in [0.25, 0.3) is 5.56 Å². The summed E-state index contributed by atoms with van der Waals surface area (Å²) in [4.78, 5) is 43.7. The van der Waals surface area contributed by atoms with E-state index in [-0.39, 0.29) is 34.6 Å². The molecule has 2 aliphatic carbocycles. The molecule has 0 aliphatic heterocycles. The van der Waals surface area contributed by atoms with Crippen LogP contribution in [-0.2, 0) is 5.41 Å². The average molecular weight is 622 g/mol. The summed E-state index contributed by atoms with van der Waals surface area (Å²) in [5, 5.41) is 94.1. The largest absolute Gasteiger partial charge is 0.507 e. The van der Waals surface area contributed by atoms with E-state index in [1.54, 1.807) is 6.92 Å². The average Bonchev–Trinajstić information content (AvgIpc) is 3.48. The summed E-state index contributed by atoms with van der Waals surface area (Å²) >= 11 is 0. The molecule has 2 aliphatic rings. The van der Waals surface area contributed by atoms with Crippen LogP contribution in [0.1, 0.15) is 57.5 Å². The fourth-order valence-electron chi connectivity index (χ4n) is 6.29. The maximum Gasteiger partial charge on any atom is 0.259 e. The number of carbonyl (C=O) groups excluding carboxylic acids is 2. The number of hydrogen-bond acceptors (Lipinski definition) is 13. The van der Waals surface area contributed by atoms with Crippen molar-refractivity contribution >= 4 is 39.2 Å². The molecule has 4 aromatic rings. The van der Waals surface area contributed by atoms with E-state index in [9.17, 15) is 60.3 Å². The predicted molar refractivity (Wildman–Crippen MR) is 156 cm³/mol. The van der Waals surface area contributed by atoms with Gasteiger partial charge in [0.05, 0.1) is 45.7 Å². The van der Waals surface area contributed by atoms with Gasteiger partial charge in [-0.15, -0.1) is 0 Å². The lowest BCUT2D eigenvalue weighted by atomic mass is 9.76. The Labute approximate surface area is 251 Å². The van der Waals surface area contributed by atoms with Gasteiger partial charge in [-0.25, -0.2) is 0 Å². The normalized spacial score (nSPS) is 19.7. The van der Waals surface area contributed by atoms with Gasteiger partial charge in [0.2, 0.25) is 0 Å². The molecule has 3 aromatic carbocycles. The Morgan fingerprint density at radius 3 is 2.02 bits per heavy atom. The zero-order valence-electron chi connectivity index (χ0n) is 23.6. The Balaban J connectivity index is 1.56. The zero-order chi connectivity index (χ0) is 32.9. The molecule has 0 saturated carbocycles. The van der Waals surface area contributed by atoms with E-state index in [1.807, 2.05) is 0 Å². The van der Waals surface area contributed by atoms with Crippen molar-refractivity contribution in [1.82, 2.24) is 4.98 Å². The van der Waals surface area contributed by atoms with Crippen molar-refractivity contribution in [2.45, 2.75) is 43.7 Å². The fourth-order valence-corrected chi connectivity index (χ4v) is 6.29. The minimum absolute atomic E-state index is 0.00891. The smallest absolute Gasteiger partial charge is 0.259 e. The number of H-pyrrole nitrogens is 1. The third-order valence-electron chi connectivity index (χ3n) is 8.46. The Kier molecular flexibility index (Phi) is 6.60. The van der Waals surface area contributed by atoms with Gasteiger partial charge in [-0.2, -0.15) is 0 Å². The van der Waals surface area contributed by atoms with Crippen LogP contribution >= 0.6 is 0 Å². The van der Waals surface area contributed by atoms with Gasteiger partial charge in [0, 0.05) is 11.6 Å². The van der Waals surface area contributed by atoms with E-state index in [1.165, 1.54) is 25.1 Å². The van der Waals surface area contributed by atoms with E-state index >= 15 is 0 Å². The van der Waals surface area contributed by atoms with Crippen molar-refractivity contribution < 1.29 is 60.3 Å². The molecule has 234 valence electrons. The molecular weight excluding hydrogens is 594 g/mol. The number of hydrogen-bond donors (Lipinski definition) is 10. The highest BCUT2D eigenvalue weighted by Crippen LogP contribution is 2.58. The number of aliphatic hydroxyl groups excluding tert-OH is 4. The third kappa shape index (κ3) is 3.80. The summed E-state index contributed by atoms with van der Waals surface area (Å²) in [6.07, 6.45) is -4.53. The van der Waals surface area contributed by atoms with Gasteiger partial charge in [-0.05, 0) is 36.9 Å². The zero-order valence-corrected chi connectivity index (χ0v) is 23.6. The Hall–Kier alpha value is -5.15. The number of aromatic hydroxyl groups is 5. The van der Waals surface area contributed by atoms with Crippen LogP contribution in [-0.4, -0.2) is 87.4 Å². The van der Waals surface area contributed by atoms with Crippen molar-refractivity contribution in [3.05, 3.63) is 62.6 Å². The van der Waals surface area contributed by atoms with Crippen molar-refractivity contribution in [2.75, 3.05) is 6.61 Å². The van der Waals surface area contributed by atoms with Crippen LogP contribution in [0.4, 0.5) is 0 Å². The Morgan fingerprint density at radius 1 is 0.800 bits per heavy atom. The van der Waals surface area contributed by atoms with Crippen LogP contribution in [0, 0.1) is 0 Å². The lowest BCUT2D eigenvalue weighted by Gasteiger charge is -2.25. The molecular formula is C31H27NO13. The van der Waals surface area contributed by atoms with E-state index in [0.29, 0.717) is 0 Å². The minimum atomic E-state index is -2.36. The number of phenolic OH excluding ortho intramolecular Hbond substituents is 5. The number of aromatic amines is 1. The minimum Gasteiger partial charge on any atom is -0.507 e. The van der Waals surface area contributed by atoms with E-state index in [2.05, 4.69) is 4.98 Å². The van der Waals surface area contributed by atoms with Crippen LogP contribution in [0.2, 0.25) is 0 Å². The molecule has 10 N–H and O–H groups in total. The number of ketones is 2. The van der Waals surface area contributed by atoms with Gasteiger partial charge >= 0.3 is 0 Å². The molecule has 5 atom stereocenters. The van der Waals surface area contributed by atoms with Gasteiger partial charge in [-0.3, -0.25) is 14.4 Å². The second-order valence-electron chi connectivity index (χ2n) is 11.0. The summed E-state index contributed by atoms with van der Waals surface area (Å²) in [6, 6.07) is 3.48. The molecule has 6 rings (SSSR count). The highest BCUT2D eigenvalue weighted by atomic mass is 16.5. The number of ether oxygens (including phenoxy) is 1. The SMILES string of the molecule is CCOc1cc(O)c2c(O)c3c(c(O)c2c1O)C(=O)[C@@]1(C=Cc2cc4cc(C(O)C(O)C(O)C(C)O)[nH]c(=O)c4c(O)c21)C3=O. The number of allylic oxidation sites excluding steroid dienone is 1. The molecule has 0 amide bonds. The Morgan fingerprint density at radius 2 is 1.42 bits per heavy atom. The maximum absolute atomic E-state index is 14.1. The summed E-state index contributed by atoms with van der Waals surface area (Å²) in [5.41, 5.74) is -5.27. The number of aliphatic hydroxyl groups is 4. The third-order valence-corrected chi connectivity index (χ3v) is 8.46. The number of aromatic nitrogens is 1. The lowest BCUT2D eigenvalue weighted by Crippen LogP contribution is -2.40. The summed E-state index contributed by atoms with van der Waals surface area (Å²) < 4.78 is 5.27. The Bertz CT molecular complexity index is 2080. The van der Waals surface area contributed by atoms with E-state index in [0.717, 1.165) is 12.1 Å².